The maximum Gasteiger partial charge on any atom is 0.401 e. The summed E-state index contributed by atoms with van der Waals surface area (Å²) in [5.41, 5.74) is 0. The average Bonchev–Trinajstić information content (AvgIpc) is 2.35. The highest BCUT2D eigenvalue weighted by Gasteiger charge is 2.39. The zero-order valence-corrected chi connectivity index (χ0v) is 12.5. The molecule has 2 nitrogen and oxygen atoms in total. The van der Waals surface area contributed by atoms with E-state index in [0.29, 0.717) is 11.8 Å². The van der Waals surface area contributed by atoms with Crippen LogP contribution in [0, 0.1) is 11.8 Å². The Balaban J connectivity index is 2.07. The van der Waals surface area contributed by atoms with E-state index in [-0.39, 0.29) is 12.1 Å². The first kappa shape index (κ1) is 16.1. The first-order valence-corrected chi connectivity index (χ1v) is 7.88. The molecule has 0 aromatic carbocycles. The molecule has 0 spiro atoms. The van der Waals surface area contributed by atoms with Gasteiger partial charge in [0.05, 0.1) is 6.54 Å². The normalized spacial score (nSPS) is 33.6. The molecule has 1 heterocycles. The Hall–Kier alpha value is -0.290. The van der Waals surface area contributed by atoms with E-state index in [1.807, 2.05) is 0 Å². The van der Waals surface area contributed by atoms with Crippen LogP contribution in [-0.2, 0) is 0 Å². The van der Waals surface area contributed by atoms with Crippen molar-refractivity contribution in [1.82, 2.24) is 10.2 Å². The molecule has 1 saturated heterocycles. The first-order valence-electron chi connectivity index (χ1n) is 7.88. The second-order valence-corrected chi connectivity index (χ2v) is 6.84. The maximum absolute atomic E-state index is 13.0. The summed E-state index contributed by atoms with van der Waals surface area (Å²) in [6.07, 6.45) is 0.594. The fraction of sp³-hybridized carbons (Fsp3) is 1.00. The smallest absolute Gasteiger partial charge is 0.317 e. The van der Waals surface area contributed by atoms with Crippen molar-refractivity contribution in [2.45, 2.75) is 64.2 Å². The predicted molar refractivity (Wildman–Crippen MR) is 74.6 cm³/mol. The summed E-state index contributed by atoms with van der Waals surface area (Å²) in [6.45, 7) is 5.31. The fourth-order valence-electron chi connectivity index (χ4n) is 4.08. The highest BCUT2D eigenvalue weighted by molar-refractivity contribution is 4.88. The van der Waals surface area contributed by atoms with Crippen molar-refractivity contribution in [3.05, 3.63) is 0 Å². The third-order valence-electron chi connectivity index (χ3n) is 4.76. The van der Waals surface area contributed by atoms with Crippen molar-refractivity contribution >= 4 is 0 Å². The molecular formula is C15H27F3N2. The van der Waals surface area contributed by atoms with Crippen LogP contribution in [0.1, 0.15) is 46.0 Å². The summed E-state index contributed by atoms with van der Waals surface area (Å²) >= 11 is 0. The SMILES string of the molecule is CC1CC(C)CC(N(CC(F)(F)F)C2CCNCC2)C1. The van der Waals surface area contributed by atoms with Crippen LogP contribution in [0.4, 0.5) is 13.2 Å². The number of hydrogen-bond acceptors (Lipinski definition) is 2. The largest absolute Gasteiger partial charge is 0.401 e. The topological polar surface area (TPSA) is 15.3 Å². The minimum absolute atomic E-state index is 0.0976. The van der Waals surface area contributed by atoms with Gasteiger partial charge in [-0.2, -0.15) is 13.2 Å². The van der Waals surface area contributed by atoms with Crippen LogP contribution in [0.15, 0.2) is 0 Å². The monoisotopic (exact) mass is 292 g/mol. The lowest BCUT2D eigenvalue weighted by atomic mass is 9.79. The number of alkyl halides is 3. The quantitative estimate of drug-likeness (QED) is 0.857. The summed E-state index contributed by atoms with van der Waals surface area (Å²) in [7, 11) is 0. The minimum atomic E-state index is -4.09. The summed E-state index contributed by atoms with van der Waals surface area (Å²) < 4.78 is 38.9. The van der Waals surface area contributed by atoms with Crippen LogP contribution in [-0.4, -0.2) is 42.8 Å². The Kier molecular flexibility index (Phi) is 5.35. The zero-order valence-electron chi connectivity index (χ0n) is 12.5. The van der Waals surface area contributed by atoms with Crippen LogP contribution in [0.2, 0.25) is 0 Å². The molecule has 0 aromatic rings. The van der Waals surface area contributed by atoms with Crippen LogP contribution >= 0.6 is 0 Å². The lowest BCUT2D eigenvalue weighted by molar-refractivity contribution is -0.161. The molecule has 20 heavy (non-hydrogen) atoms. The van der Waals surface area contributed by atoms with Gasteiger partial charge in [0, 0.05) is 12.1 Å². The number of hydrogen-bond donors (Lipinski definition) is 1. The number of rotatable bonds is 3. The van der Waals surface area contributed by atoms with Crippen LogP contribution in [0.3, 0.4) is 0 Å². The second-order valence-electron chi connectivity index (χ2n) is 6.84. The van der Waals surface area contributed by atoms with Gasteiger partial charge in [-0.15, -0.1) is 0 Å². The van der Waals surface area contributed by atoms with E-state index in [9.17, 15) is 13.2 Å². The van der Waals surface area contributed by atoms with Crippen molar-refractivity contribution in [2.75, 3.05) is 19.6 Å². The highest BCUT2D eigenvalue weighted by atomic mass is 19.4. The van der Waals surface area contributed by atoms with Gasteiger partial charge in [0.1, 0.15) is 0 Å². The van der Waals surface area contributed by atoms with Gasteiger partial charge in [-0.05, 0) is 57.0 Å². The van der Waals surface area contributed by atoms with Crippen LogP contribution in [0.5, 0.6) is 0 Å². The van der Waals surface area contributed by atoms with E-state index in [1.165, 1.54) is 0 Å². The standard InChI is InChI=1S/C15H27F3N2/c1-11-7-12(2)9-14(8-11)20(10-15(16,17)18)13-3-5-19-6-4-13/h11-14,19H,3-10H2,1-2H3. The number of halogens is 3. The van der Waals surface area contributed by atoms with E-state index < -0.39 is 12.7 Å². The van der Waals surface area contributed by atoms with Crippen LogP contribution in [0.25, 0.3) is 0 Å². The van der Waals surface area contributed by atoms with Gasteiger partial charge < -0.3 is 5.32 Å². The van der Waals surface area contributed by atoms with Crippen molar-refractivity contribution in [3.63, 3.8) is 0 Å². The van der Waals surface area contributed by atoms with Crippen molar-refractivity contribution < 1.29 is 13.2 Å². The fourth-order valence-corrected chi connectivity index (χ4v) is 4.08. The molecule has 1 saturated carbocycles. The Morgan fingerprint density at radius 3 is 2.00 bits per heavy atom. The number of piperidine rings is 1. The molecule has 2 fully saturated rings. The van der Waals surface area contributed by atoms with Gasteiger partial charge in [-0.3, -0.25) is 4.90 Å². The van der Waals surface area contributed by atoms with E-state index in [2.05, 4.69) is 19.2 Å². The summed E-state index contributed by atoms with van der Waals surface area (Å²) in [5.74, 6) is 1.09. The molecule has 1 N–H and O–H groups in total. The first-order chi connectivity index (χ1) is 9.35. The van der Waals surface area contributed by atoms with E-state index in [1.54, 1.807) is 4.90 Å². The van der Waals surface area contributed by atoms with Gasteiger partial charge in [0.2, 0.25) is 0 Å². The van der Waals surface area contributed by atoms with E-state index in [4.69, 9.17) is 0 Å². The lowest BCUT2D eigenvalue weighted by Crippen LogP contribution is -2.53. The highest BCUT2D eigenvalue weighted by Crippen LogP contribution is 2.35. The summed E-state index contributed by atoms with van der Waals surface area (Å²) in [5, 5.41) is 3.24. The molecule has 0 amide bonds. The lowest BCUT2D eigenvalue weighted by Gasteiger charge is -2.44. The zero-order chi connectivity index (χ0) is 14.8. The Labute approximate surface area is 120 Å². The molecule has 2 atom stereocenters. The molecule has 2 rings (SSSR count). The van der Waals surface area contributed by atoms with Crippen molar-refractivity contribution in [3.8, 4) is 0 Å². The number of nitrogens with one attached hydrogen (secondary N) is 1. The third kappa shape index (κ3) is 4.62. The predicted octanol–water partition coefficient (Wildman–Crippen LogP) is 3.43. The van der Waals surface area contributed by atoms with Gasteiger partial charge in [0.15, 0.2) is 0 Å². The number of nitrogens with zero attached hydrogens (tertiary/aromatic N) is 1. The molecule has 118 valence electrons. The molecule has 5 heteroatoms. The Morgan fingerprint density at radius 1 is 0.950 bits per heavy atom. The van der Waals surface area contributed by atoms with Gasteiger partial charge in [-0.25, -0.2) is 0 Å². The Bertz CT molecular complexity index is 290. The summed E-state index contributed by atoms with van der Waals surface area (Å²) in [6, 6.07) is 0.207. The van der Waals surface area contributed by atoms with Gasteiger partial charge in [0.25, 0.3) is 0 Å². The van der Waals surface area contributed by atoms with E-state index >= 15 is 0 Å². The van der Waals surface area contributed by atoms with Crippen molar-refractivity contribution in [2.24, 2.45) is 11.8 Å². The van der Waals surface area contributed by atoms with Crippen LogP contribution < -0.4 is 5.32 Å². The molecule has 1 aliphatic heterocycles. The molecular weight excluding hydrogens is 265 g/mol. The van der Waals surface area contributed by atoms with Gasteiger partial charge >= 0.3 is 6.18 Å². The molecule has 0 radical (unpaired) electrons. The minimum Gasteiger partial charge on any atom is -0.317 e. The Morgan fingerprint density at radius 2 is 1.50 bits per heavy atom. The molecule has 2 aliphatic rings. The molecule has 1 aliphatic carbocycles. The average molecular weight is 292 g/mol. The van der Waals surface area contributed by atoms with Gasteiger partial charge in [-0.1, -0.05) is 13.8 Å². The molecule has 2 unspecified atom stereocenters. The molecule has 0 aromatic heterocycles. The molecule has 0 bridgehead atoms. The maximum atomic E-state index is 13.0. The van der Waals surface area contributed by atoms with Crippen molar-refractivity contribution in [1.29, 1.82) is 0 Å². The summed E-state index contributed by atoms with van der Waals surface area (Å²) in [4.78, 5) is 1.78. The second kappa shape index (κ2) is 6.65. The van der Waals surface area contributed by atoms with E-state index in [0.717, 1.165) is 45.2 Å². The third-order valence-corrected chi connectivity index (χ3v) is 4.76.